The van der Waals surface area contributed by atoms with Gasteiger partial charge in [0.1, 0.15) is 12.4 Å². The minimum atomic E-state index is -0.0405. The fraction of sp³-hybridized carbons (Fsp3) is 0.500. The smallest absolute Gasteiger partial charge is 0.233 e. The maximum absolute atomic E-state index is 12.8. The average molecular weight is 328 g/mol. The Balaban J connectivity index is 1.88. The number of fused-ring (bicyclic) bond motifs is 1. The number of carbonyl (C=O) groups excluding carboxylic acids is 1. The lowest BCUT2D eigenvalue weighted by atomic mass is 9.85. The van der Waals surface area contributed by atoms with Crippen LogP contribution in [0, 0.1) is 0 Å². The zero-order valence-corrected chi connectivity index (χ0v) is 14.7. The van der Waals surface area contributed by atoms with E-state index in [2.05, 4.69) is 37.1 Å². The fourth-order valence-electron chi connectivity index (χ4n) is 2.92. The topological polar surface area (TPSA) is 60.2 Å². The van der Waals surface area contributed by atoms with Gasteiger partial charge in [-0.2, -0.15) is 0 Å². The number of benzene rings is 1. The molecule has 0 bridgehead atoms. The lowest BCUT2D eigenvalue weighted by Gasteiger charge is -2.33. The summed E-state index contributed by atoms with van der Waals surface area (Å²) in [6.45, 7) is 10.2. The average Bonchev–Trinajstić information content (AvgIpc) is 3.00. The highest BCUT2D eigenvalue weighted by Gasteiger charge is 2.29. The second kappa shape index (κ2) is 6.26. The van der Waals surface area contributed by atoms with E-state index in [1.807, 2.05) is 25.3 Å². The van der Waals surface area contributed by atoms with Crippen molar-refractivity contribution in [3.8, 4) is 5.75 Å². The van der Waals surface area contributed by atoms with Crippen LogP contribution in [-0.2, 0) is 23.2 Å². The lowest BCUT2D eigenvalue weighted by molar-refractivity contribution is -0.118. The van der Waals surface area contributed by atoms with Crippen molar-refractivity contribution in [3.63, 3.8) is 0 Å². The molecule has 6 nitrogen and oxygen atoms in total. The van der Waals surface area contributed by atoms with Gasteiger partial charge in [-0.05, 0) is 18.4 Å². The van der Waals surface area contributed by atoms with Gasteiger partial charge in [0.25, 0.3) is 0 Å². The van der Waals surface area contributed by atoms with Crippen LogP contribution in [0.3, 0.4) is 0 Å². The Hall–Kier alpha value is -2.37. The number of ether oxygens (including phenoxy) is 1. The number of aryl methyl sites for hydroxylation is 1. The Morgan fingerprint density at radius 2 is 2.12 bits per heavy atom. The van der Waals surface area contributed by atoms with Crippen LogP contribution in [0.25, 0.3) is 0 Å². The zero-order valence-electron chi connectivity index (χ0n) is 14.7. The largest absolute Gasteiger partial charge is 0.489 e. The molecule has 2 aromatic rings. The number of para-hydroxylation sites is 1. The number of rotatable bonds is 3. The molecule has 0 saturated heterocycles. The molecule has 24 heavy (non-hydrogen) atoms. The third kappa shape index (κ3) is 3.13. The summed E-state index contributed by atoms with van der Waals surface area (Å²) in [7, 11) is 0. The molecule has 1 amide bonds. The first-order chi connectivity index (χ1) is 11.4. The van der Waals surface area contributed by atoms with E-state index >= 15 is 0 Å². The standard InChI is InChI=1S/C18H24N4O2/c1-5-21-12-13(19-20-21)11-16(23)22-9-10-24-17-14(18(2,3)4)7-6-8-15(17)22/h6-8,12H,5,9-11H2,1-4H3. The predicted molar refractivity (Wildman–Crippen MR) is 92.4 cm³/mol. The second-order valence-corrected chi connectivity index (χ2v) is 7.04. The molecule has 0 saturated carbocycles. The lowest BCUT2D eigenvalue weighted by Crippen LogP contribution is -2.39. The van der Waals surface area contributed by atoms with Crippen LogP contribution in [0.5, 0.6) is 5.75 Å². The number of anilines is 1. The van der Waals surface area contributed by atoms with Gasteiger partial charge in [0.15, 0.2) is 0 Å². The minimum absolute atomic E-state index is 0.0220. The molecule has 1 aromatic carbocycles. The second-order valence-electron chi connectivity index (χ2n) is 7.04. The van der Waals surface area contributed by atoms with Crippen molar-refractivity contribution in [3.05, 3.63) is 35.7 Å². The zero-order chi connectivity index (χ0) is 17.3. The molecule has 1 aliphatic rings. The first-order valence-corrected chi connectivity index (χ1v) is 8.36. The Morgan fingerprint density at radius 1 is 1.33 bits per heavy atom. The summed E-state index contributed by atoms with van der Waals surface area (Å²) >= 11 is 0. The third-order valence-corrected chi connectivity index (χ3v) is 4.20. The van der Waals surface area contributed by atoms with Crippen molar-refractivity contribution in [2.45, 2.75) is 46.1 Å². The SMILES string of the molecule is CCn1cc(CC(=O)N2CCOc3c2cccc3C(C)(C)C)nn1. The summed E-state index contributed by atoms with van der Waals surface area (Å²) in [6.07, 6.45) is 2.07. The Morgan fingerprint density at radius 3 is 2.79 bits per heavy atom. The van der Waals surface area contributed by atoms with E-state index in [1.165, 1.54) is 0 Å². The van der Waals surface area contributed by atoms with E-state index in [9.17, 15) is 4.79 Å². The highest BCUT2D eigenvalue weighted by atomic mass is 16.5. The van der Waals surface area contributed by atoms with Crippen LogP contribution >= 0.6 is 0 Å². The van der Waals surface area contributed by atoms with Crippen molar-refractivity contribution in [1.29, 1.82) is 0 Å². The maximum Gasteiger partial charge on any atom is 0.233 e. The van der Waals surface area contributed by atoms with Crippen molar-refractivity contribution in [2.75, 3.05) is 18.1 Å². The monoisotopic (exact) mass is 328 g/mol. The van der Waals surface area contributed by atoms with Crippen LogP contribution in [0.15, 0.2) is 24.4 Å². The van der Waals surface area contributed by atoms with Crippen molar-refractivity contribution < 1.29 is 9.53 Å². The van der Waals surface area contributed by atoms with Gasteiger partial charge in [-0.15, -0.1) is 5.10 Å². The number of aromatic nitrogens is 3. The van der Waals surface area contributed by atoms with Gasteiger partial charge < -0.3 is 9.64 Å². The molecule has 2 heterocycles. The summed E-state index contributed by atoms with van der Waals surface area (Å²) < 4.78 is 7.64. The van der Waals surface area contributed by atoms with E-state index in [0.717, 1.165) is 23.5 Å². The minimum Gasteiger partial charge on any atom is -0.489 e. The molecule has 0 atom stereocenters. The highest BCUT2D eigenvalue weighted by molar-refractivity contribution is 5.96. The molecule has 1 aromatic heterocycles. The van der Waals surface area contributed by atoms with Gasteiger partial charge in [-0.3, -0.25) is 9.48 Å². The van der Waals surface area contributed by atoms with Crippen molar-refractivity contribution in [1.82, 2.24) is 15.0 Å². The fourth-order valence-corrected chi connectivity index (χ4v) is 2.92. The van der Waals surface area contributed by atoms with Gasteiger partial charge in [-0.1, -0.05) is 38.1 Å². The van der Waals surface area contributed by atoms with Crippen LogP contribution in [-0.4, -0.2) is 34.1 Å². The van der Waals surface area contributed by atoms with Gasteiger partial charge in [0.2, 0.25) is 5.91 Å². The summed E-state index contributed by atoms with van der Waals surface area (Å²) in [5.74, 6) is 0.843. The first kappa shape index (κ1) is 16.5. The molecule has 0 fully saturated rings. The number of amides is 1. The summed E-state index contributed by atoms with van der Waals surface area (Å²) in [4.78, 5) is 14.6. The van der Waals surface area contributed by atoms with E-state index in [4.69, 9.17) is 4.74 Å². The molecular formula is C18H24N4O2. The molecule has 1 aliphatic heterocycles. The Labute approximate surface area is 142 Å². The molecular weight excluding hydrogens is 304 g/mol. The molecule has 0 radical (unpaired) electrons. The molecule has 0 spiro atoms. The van der Waals surface area contributed by atoms with Crippen LogP contribution in [0.2, 0.25) is 0 Å². The summed E-state index contributed by atoms with van der Waals surface area (Å²) in [5, 5.41) is 8.06. The van der Waals surface area contributed by atoms with Crippen molar-refractivity contribution >= 4 is 11.6 Å². The summed E-state index contributed by atoms with van der Waals surface area (Å²) in [5.41, 5.74) is 2.62. The molecule has 3 rings (SSSR count). The molecule has 128 valence electrons. The first-order valence-electron chi connectivity index (χ1n) is 8.36. The maximum atomic E-state index is 12.8. The number of nitrogens with zero attached hydrogens (tertiary/aromatic N) is 4. The van der Waals surface area contributed by atoms with E-state index in [1.54, 1.807) is 9.58 Å². The van der Waals surface area contributed by atoms with Gasteiger partial charge in [-0.25, -0.2) is 0 Å². The van der Waals surface area contributed by atoms with Crippen LogP contribution < -0.4 is 9.64 Å². The van der Waals surface area contributed by atoms with Gasteiger partial charge >= 0.3 is 0 Å². The van der Waals surface area contributed by atoms with Crippen LogP contribution in [0.4, 0.5) is 5.69 Å². The van der Waals surface area contributed by atoms with E-state index in [0.29, 0.717) is 18.8 Å². The molecule has 6 heteroatoms. The predicted octanol–water partition coefficient (Wildman–Crippen LogP) is 2.56. The summed E-state index contributed by atoms with van der Waals surface area (Å²) in [6, 6.07) is 6.01. The normalized spacial score (nSPS) is 14.2. The van der Waals surface area contributed by atoms with Gasteiger partial charge in [0.05, 0.1) is 24.3 Å². The highest BCUT2D eigenvalue weighted by Crippen LogP contribution is 2.40. The number of hydrogen-bond donors (Lipinski definition) is 0. The van der Waals surface area contributed by atoms with E-state index in [-0.39, 0.29) is 17.7 Å². The van der Waals surface area contributed by atoms with E-state index < -0.39 is 0 Å². The van der Waals surface area contributed by atoms with Crippen molar-refractivity contribution in [2.24, 2.45) is 0 Å². The molecule has 0 N–H and O–H groups in total. The number of hydrogen-bond acceptors (Lipinski definition) is 4. The van der Waals surface area contributed by atoms with Crippen LogP contribution in [0.1, 0.15) is 39.0 Å². The quantitative estimate of drug-likeness (QED) is 0.869. The Bertz CT molecular complexity index is 746. The number of carbonyl (C=O) groups is 1. The Kier molecular flexibility index (Phi) is 4.30. The van der Waals surface area contributed by atoms with Gasteiger partial charge in [0, 0.05) is 18.3 Å². The molecule has 0 aliphatic carbocycles. The third-order valence-electron chi connectivity index (χ3n) is 4.20. The molecule has 0 unspecified atom stereocenters.